The molecule has 2 saturated heterocycles. The maximum absolute atomic E-state index is 12.0. The van der Waals surface area contributed by atoms with E-state index in [2.05, 4.69) is 21.4 Å². The molecule has 39 heavy (non-hydrogen) atoms. The number of rotatable bonds is 9. The SMILES string of the molecule is Cc1nn([C@H](C)c2ccc(Cl)cc2Cl)c2nc(N3CC(C4CCCN(CCNS(=O)(=O)C(C)C)C4)C3)cnc12. The van der Waals surface area contributed by atoms with Gasteiger partial charge in [0.15, 0.2) is 5.65 Å². The van der Waals surface area contributed by atoms with Gasteiger partial charge < -0.3 is 9.80 Å². The fourth-order valence-corrected chi connectivity index (χ4v) is 6.90. The molecule has 212 valence electrons. The number of fused-ring (bicyclic) bond motifs is 1. The second kappa shape index (κ2) is 11.5. The summed E-state index contributed by atoms with van der Waals surface area (Å²) in [7, 11) is -3.22. The molecule has 0 amide bonds. The summed E-state index contributed by atoms with van der Waals surface area (Å²) < 4.78 is 28.7. The predicted octanol–water partition coefficient (Wildman–Crippen LogP) is 4.53. The fourth-order valence-electron chi connectivity index (χ4n) is 5.63. The molecule has 2 aliphatic heterocycles. The Hall–Kier alpha value is -1.98. The molecule has 9 nitrogen and oxygen atoms in total. The van der Waals surface area contributed by atoms with Crippen LogP contribution in [0.3, 0.4) is 0 Å². The Morgan fingerprint density at radius 2 is 1.90 bits per heavy atom. The normalized spacial score (nSPS) is 20.1. The first-order chi connectivity index (χ1) is 18.5. The Kier molecular flexibility index (Phi) is 8.41. The molecule has 4 heterocycles. The van der Waals surface area contributed by atoms with Crippen molar-refractivity contribution in [2.24, 2.45) is 11.8 Å². The van der Waals surface area contributed by atoms with Crippen molar-refractivity contribution in [2.75, 3.05) is 44.2 Å². The van der Waals surface area contributed by atoms with Gasteiger partial charge in [-0.15, -0.1) is 0 Å². The molecule has 0 radical (unpaired) electrons. The van der Waals surface area contributed by atoms with Gasteiger partial charge in [0, 0.05) is 42.8 Å². The van der Waals surface area contributed by atoms with Crippen molar-refractivity contribution in [3.63, 3.8) is 0 Å². The van der Waals surface area contributed by atoms with Crippen LogP contribution in [-0.4, -0.2) is 77.6 Å². The molecule has 12 heteroatoms. The number of hydrogen-bond donors (Lipinski definition) is 1. The van der Waals surface area contributed by atoms with Crippen LogP contribution in [0, 0.1) is 18.8 Å². The van der Waals surface area contributed by atoms with Gasteiger partial charge in [0.1, 0.15) is 11.3 Å². The second-order valence-electron chi connectivity index (χ2n) is 11.1. The number of nitrogens with zero attached hydrogens (tertiary/aromatic N) is 6. The fraction of sp³-hybridized carbons (Fsp3) is 0.593. The molecular weight excluding hydrogens is 557 g/mol. The van der Waals surface area contributed by atoms with E-state index in [0.29, 0.717) is 28.4 Å². The van der Waals surface area contributed by atoms with E-state index in [9.17, 15) is 8.42 Å². The average Bonchev–Trinajstić information content (AvgIpc) is 3.19. The lowest BCUT2D eigenvalue weighted by Gasteiger charge is -2.47. The monoisotopic (exact) mass is 593 g/mol. The standard InChI is InChI=1S/C27H37Cl2N7O2S/c1-17(2)39(37,38)31-9-11-34-10-5-6-20(14-34)21-15-35(16-21)25-13-30-26-18(3)33-36(27(26)32-25)19(4)23-8-7-22(28)12-24(23)29/h7-8,12-13,17,19-21,31H,5-6,9-11,14-16H2,1-4H3/t19-,20?/m1/s1. The number of piperidine rings is 1. The highest BCUT2D eigenvalue weighted by molar-refractivity contribution is 7.90. The zero-order valence-electron chi connectivity index (χ0n) is 22.9. The van der Waals surface area contributed by atoms with E-state index >= 15 is 0 Å². The van der Waals surface area contributed by atoms with Crippen molar-refractivity contribution in [3.8, 4) is 0 Å². The van der Waals surface area contributed by atoms with Gasteiger partial charge in [-0.2, -0.15) is 5.10 Å². The van der Waals surface area contributed by atoms with Gasteiger partial charge in [0.25, 0.3) is 0 Å². The van der Waals surface area contributed by atoms with Crippen molar-refractivity contribution >= 4 is 50.2 Å². The minimum Gasteiger partial charge on any atom is -0.355 e. The van der Waals surface area contributed by atoms with Crippen molar-refractivity contribution in [2.45, 2.75) is 51.8 Å². The molecule has 1 N–H and O–H groups in total. The Bertz CT molecular complexity index is 1440. The Labute approximate surface area is 240 Å². The Morgan fingerprint density at radius 1 is 1.13 bits per heavy atom. The summed E-state index contributed by atoms with van der Waals surface area (Å²) >= 11 is 12.6. The average molecular weight is 595 g/mol. The highest BCUT2D eigenvalue weighted by Gasteiger charge is 2.36. The number of nitrogens with one attached hydrogen (secondary N) is 1. The first-order valence-electron chi connectivity index (χ1n) is 13.7. The number of aromatic nitrogens is 4. The first kappa shape index (κ1) is 28.5. The zero-order chi connectivity index (χ0) is 27.9. The molecule has 5 rings (SSSR count). The van der Waals surface area contributed by atoms with E-state index in [4.69, 9.17) is 38.3 Å². The van der Waals surface area contributed by atoms with Crippen LogP contribution in [0.25, 0.3) is 11.2 Å². The van der Waals surface area contributed by atoms with Crippen LogP contribution in [0.5, 0.6) is 0 Å². The number of hydrogen-bond acceptors (Lipinski definition) is 7. The van der Waals surface area contributed by atoms with Crippen LogP contribution in [0.2, 0.25) is 10.0 Å². The van der Waals surface area contributed by atoms with Gasteiger partial charge in [0.05, 0.1) is 23.2 Å². The lowest BCUT2D eigenvalue weighted by atomic mass is 9.80. The molecule has 2 aliphatic rings. The Balaban J connectivity index is 1.23. The zero-order valence-corrected chi connectivity index (χ0v) is 25.3. The smallest absolute Gasteiger partial charge is 0.213 e. The minimum atomic E-state index is -3.22. The van der Waals surface area contributed by atoms with Gasteiger partial charge in [-0.1, -0.05) is 29.3 Å². The molecule has 2 atom stereocenters. The third-order valence-corrected chi connectivity index (χ3v) is 10.5. The molecule has 1 unspecified atom stereocenters. The van der Waals surface area contributed by atoms with E-state index in [1.165, 1.54) is 6.42 Å². The van der Waals surface area contributed by atoms with E-state index in [-0.39, 0.29) is 6.04 Å². The topological polar surface area (TPSA) is 96.3 Å². The molecule has 0 saturated carbocycles. The van der Waals surface area contributed by atoms with E-state index in [1.807, 2.05) is 29.9 Å². The van der Waals surface area contributed by atoms with Gasteiger partial charge in [-0.05, 0) is 76.6 Å². The molecule has 0 bridgehead atoms. The van der Waals surface area contributed by atoms with Gasteiger partial charge in [0.2, 0.25) is 10.0 Å². The van der Waals surface area contributed by atoms with Gasteiger partial charge in [-0.3, -0.25) is 0 Å². The van der Waals surface area contributed by atoms with Gasteiger partial charge in [-0.25, -0.2) is 27.8 Å². The van der Waals surface area contributed by atoms with Gasteiger partial charge >= 0.3 is 0 Å². The van der Waals surface area contributed by atoms with Crippen molar-refractivity contribution in [1.29, 1.82) is 0 Å². The van der Waals surface area contributed by atoms with E-state index in [0.717, 1.165) is 67.4 Å². The van der Waals surface area contributed by atoms with Crippen molar-refractivity contribution < 1.29 is 8.42 Å². The van der Waals surface area contributed by atoms with Crippen molar-refractivity contribution in [1.82, 2.24) is 29.4 Å². The maximum Gasteiger partial charge on any atom is 0.213 e. The van der Waals surface area contributed by atoms with Crippen LogP contribution < -0.4 is 9.62 Å². The van der Waals surface area contributed by atoms with Crippen LogP contribution in [0.4, 0.5) is 5.82 Å². The number of aryl methyl sites for hydroxylation is 1. The molecular formula is C27H37Cl2N7O2S. The van der Waals surface area contributed by atoms with E-state index < -0.39 is 15.3 Å². The molecule has 1 aromatic carbocycles. The summed E-state index contributed by atoms with van der Waals surface area (Å²) in [5.41, 5.74) is 3.31. The third kappa shape index (κ3) is 6.05. The third-order valence-electron chi connectivity index (χ3n) is 8.13. The minimum absolute atomic E-state index is 0.127. The summed E-state index contributed by atoms with van der Waals surface area (Å²) in [5.74, 6) is 2.06. The summed E-state index contributed by atoms with van der Waals surface area (Å²) in [6, 6.07) is 5.40. The van der Waals surface area contributed by atoms with Crippen LogP contribution in [0.15, 0.2) is 24.4 Å². The molecule has 3 aromatic rings. The lowest BCUT2D eigenvalue weighted by molar-refractivity contribution is 0.121. The van der Waals surface area contributed by atoms with Crippen LogP contribution >= 0.6 is 23.2 Å². The first-order valence-corrected chi connectivity index (χ1v) is 16.0. The van der Waals surface area contributed by atoms with Crippen LogP contribution in [-0.2, 0) is 10.0 Å². The second-order valence-corrected chi connectivity index (χ2v) is 14.3. The summed E-state index contributed by atoms with van der Waals surface area (Å²) in [5, 5.41) is 5.55. The molecule has 0 spiro atoms. The van der Waals surface area contributed by atoms with Crippen molar-refractivity contribution in [3.05, 3.63) is 45.7 Å². The molecule has 2 aromatic heterocycles. The number of sulfonamides is 1. The van der Waals surface area contributed by atoms with E-state index in [1.54, 1.807) is 19.9 Å². The largest absolute Gasteiger partial charge is 0.355 e. The van der Waals surface area contributed by atoms with Crippen LogP contribution in [0.1, 0.15) is 50.9 Å². The highest BCUT2D eigenvalue weighted by Crippen LogP contribution is 2.35. The lowest BCUT2D eigenvalue weighted by Crippen LogP contribution is -2.54. The summed E-state index contributed by atoms with van der Waals surface area (Å²) in [6.07, 6.45) is 4.21. The number of likely N-dealkylation sites (tertiary alicyclic amines) is 1. The predicted molar refractivity (Wildman–Crippen MR) is 157 cm³/mol. The summed E-state index contributed by atoms with van der Waals surface area (Å²) in [4.78, 5) is 14.4. The summed E-state index contributed by atoms with van der Waals surface area (Å²) in [6.45, 7) is 12.6. The number of halogens is 2. The highest BCUT2D eigenvalue weighted by atomic mass is 35.5. The molecule has 0 aliphatic carbocycles. The maximum atomic E-state index is 12.0. The number of anilines is 1. The Morgan fingerprint density at radius 3 is 2.62 bits per heavy atom. The quantitative estimate of drug-likeness (QED) is 0.389. The number of benzene rings is 1. The molecule has 2 fully saturated rings.